The summed E-state index contributed by atoms with van der Waals surface area (Å²) in [7, 11) is -4.45. The second-order valence-corrected chi connectivity index (χ2v) is 9.44. The maximum absolute atomic E-state index is 12.4. The van der Waals surface area contributed by atoms with Gasteiger partial charge >= 0.3 is 51.4 Å². The monoisotopic (exact) mass is 486 g/mol. The van der Waals surface area contributed by atoms with Crippen LogP contribution >= 0.6 is 0 Å². The van der Waals surface area contributed by atoms with Gasteiger partial charge in [0, 0.05) is 0 Å². The molecule has 172 valence electrons. The average molecular weight is 487 g/mol. The van der Waals surface area contributed by atoms with E-state index in [4.69, 9.17) is 4.74 Å². The van der Waals surface area contributed by atoms with E-state index < -0.39 is 10.1 Å². The number of unbranched alkanes of at least 4 members (excludes halogenated alkanes) is 10. The van der Waals surface area contributed by atoms with Crippen LogP contribution in [0.1, 0.15) is 83.1 Å². The van der Waals surface area contributed by atoms with Crippen molar-refractivity contribution >= 4 is 10.1 Å². The number of ether oxygens (including phenoxy) is 1. The predicted molar refractivity (Wildman–Crippen MR) is 122 cm³/mol. The van der Waals surface area contributed by atoms with Gasteiger partial charge in [0.25, 0.3) is 10.1 Å². The molecule has 0 saturated carbocycles. The third kappa shape index (κ3) is 10.7. The number of aryl methyl sites for hydroxylation is 1. The molecule has 2 rings (SSSR count). The first-order valence-corrected chi connectivity index (χ1v) is 12.9. The summed E-state index contributed by atoms with van der Waals surface area (Å²) in [5.41, 5.74) is 0.758. The first kappa shape index (κ1) is 29.6. The van der Waals surface area contributed by atoms with Crippen LogP contribution in [0.4, 0.5) is 0 Å². The van der Waals surface area contributed by atoms with Crippen molar-refractivity contribution in [3.8, 4) is 17.2 Å². The SMILES string of the molecule is CCCCCCCCCCCCCc1cccc([O-])c1Oc1ccccc1S(=O)(=O)O.[K+]. The van der Waals surface area contributed by atoms with Gasteiger partial charge in [-0.3, -0.25) is 4.55 Å². The molecule has 2 aromatic rings. The van der Waals surface area contributed by atoms with Gasteiger partial charge < -0.3 is 9.84 Å². The Morgan fingerprint density at radius 3 is 1.97 bits per heavy atom. The summed E-state index contributed by atoms with van der Waals surface area (Å²) in [4.78, 5) is -0.348. The molecular weight excluding hydrogens is 451 g/mol. The number of benzene rings is 2. The molecule has 1 N–H and O–H groups in total. The molecule has 0 spiro atoms. The van der Waals surface area contributed by atoms with Crippen LogP contribution in [-0.2, 0) is 16.5 Å². The maximum atomic E-state index is 12.4. The summed E-state index contributed by atoms with van der Waals surface area (Å²) in [5, 5.41) is 12.4. The Labute approximate surface area is 236 Å². The van der Waals surface area contributed by atoms with Crippen LogP contribution in [-0.4, -0.2) is 13.0 Å². The van der Waals surface area contributed by atoms with Gasteiger partial charge in [0.1, 0.15) is 16.4 Å². The minimum absolute atomic E-state index is 0. The maximum Gasteiger partial charge on any atom is 1.00 e. The number of hydrogen-bond acceptors (Lipinski definition) is 4. The van der Waals surface area contributed by atoms with Gasteiger partial charge in [-0.25, -0.2) is 0 Å². The summed E-state index contributed by atoms with van der Waals surface area (Å²) in [5.74, 6) is -0.218. The molecule has 0 fully saturated rings. The van der Waals surface area contributed by atoms with Crippen molar-refractivity contribution in [2.45, 2.75) is 88.9 Å². The summed E-state index contributed by atoms with van der Waals surface area (Å²) in [6, 6.07) is 10.7. The average Bonchev–Trinajstić information content (AvgIpc) is 2.74. The van der Waals surface area contributed by atoms with Crippen molar-refractivity contribution in [3.63, 3.8) is 0 Å². The Balaban J connectivity index is 0.00000512. The van der Waals surface area contributed by atoms with Crippen molar-refractivity contribution < 1.29 is 74.2 Å². The number of hydrogen-bond donors (Lipinski definition) is 1. The minimum atomic E-state index is -4.45. The van der Waals surface area contributed by atoms with Crippen molar-refractivity contribution in [3.05, 3.63) is 48.0 Å². The normalized spacial score (nSPS) is 11.2. The minimum Gasteiger partial charge on any atom is -0.870 e. The third-order valence-corrected chi connectivity index (χ3v) is 6.34. The van der Waals surface area contributed by atoms with Gasteiger partial charge in [-0.1, -0.05) is 107 Å². The molecule has 32 heavy (non-hydrogen) atoms. The molecule has 0 unspecified atom stereocenters. The van der Waals surface area contributed by atoms with E-state index in [1.54, 1.807) is 12.1 Å². The summed E-state index contributed by atoms with van der Waals surface area (Å²) in [6.45, 7) is 2.24. The fourth-order valence-electron chi connectivity index (χ4n) is 3.71. The van der Waals surface area contributed by atoms with E-state index in [0.717, 1.165) is 18.4 Å². The Morgan fingerprint density at radius 2 is 1.38 bits per heavy atom. The third-order valence-electron chi connectivity index (χ3n) is 5.45. The van der Waals surface area contributed by atoms with Gasteiger partial charge in [-0.05, 0) is 30.5 Å². The van der Waals surface area contributed by atoms with Crippen LogP contribution in [0.3, 0.4) is 0 Å². The quantitative estimate of drug-likeness (QED) is 0.236. The molecule has 0 heterocycles. The van der Waals surface area contributed by atoms with Crippen molar-refractivity contribution in [2.24, 2.45) is 0 Å². The van der Waals surface area contributed by atoms with Crippen LogP contribution in [0.15, 0.2) is 47.4 Å². The fourth-order valence-corrected chi connectivity index (χ4v) is 4.33. The van der Waals surface area contributed by atoms with Crippen LogP contribution in [0.2, 0.25) is 0 Å². The molecule has 0 aliphatic rings. The molecular formula is C25H35KO5S. The van der Waals surface area contributed by atoms with Crippen molar-refractivity contribution in [2.75, 3.05) is 0 Å². The molecule has 0 bridgehead atoms. The fraction of sp³-hybridized carbons (Fsp3) is 0.520. The molecule has 0 amide bonds. The van der Waals surface area contributed by atoms with E-state index in [9.17, 15) is 18.1 Å². The van der Waals surface area contributed by atoms with Gasteiger partial charge in [-0.2, -0.15) is 8.42 Å². The Kier molecular flexibility index (Phi) is 15.0. The Bertz CT molecular complexity index is 899. The molecule has 0 atom stereocenters. The zero-order valence-corrected chi connectivity index (χ0v) is 23.5. The van der Waals surface area contributed by atoms with E-state index in [1.807, 2.05) is 6.07 Å². The smallest absolute Gasteiger partial charge is 0.870 e. The molecule has 0 aromatic heterocycles. The van der Waals surface area contributed by atoms with E-state index in [2.05, 4.69) is 6.92 Å². The zero-order valence-electron chi connectivity index (χ0n) is 19.5. The van der Waals surface area contributed by atoms with Gasteiger partial charge in [0.2, 0.25) is 0 Å². The first-order chi connectivity index (χ1) is 14.9. The largest absolute Gasteiger partial charge is 1.00 e. The second kappa shape index (κ2) is 16.3. The standard InChI is InChI=1S/C25H36O5S.K/c1-2-3-4-5-6-7-8-9-10-11-12-16-21-17-15-18-22(26)25(21)30-23-19-13-14-20-24(23)31(27,28)29;/h13-15,17-20,26H,2-12,16H2,1H3,(H,27,28,29);/q;+1/p-1. The Morgan fingerprint density at radius 1 is 0.812 bits per heavy atom. The summed E-state index contributed by atoms with van der Waals surface area (Å²) < 4.78 is 38.3. The van der Waals surface area contributed by atoms with Crippen molar-refractivity contribution in [1.29, 1.82) is 0 Å². The van der Waals surface area contributed by atoms with Gasteiger partial charge in [0.15, 0.2) is 0 Å². The topological polar surface area (TPSA) is 86.7 Å². The molecule has 7 heteroatoms. The van der Waals surface area contributed by atoms with Crippen LogP contribution in [0, 0.1) is 0 Å². The Hall–Kier alpha value is -0.414. The number of rotatable bonds is 15. The van der Waals surface area contributed by atoms with Gasteiger partial charge in [-0.15, -0.1) is 0 Å². The molecule has 0 aliphatic carbocycles. The van der Waals surface area contributed by atoms with E-state index in [1.165, 1.54) is 82.1 Å². The van der Waals surface area contributed by atoms with E-state index in [0.29, 0.717) is 6.42 Å². The molecule has 5 nitrogen and oxygen atoms in total. The molecule has 2 aromatic carbocycles. The van der Waals surface area contributed by atoms with Crippen LogP contribution in [0.25, 0.3) is 0 Å². The van der Waals surface area contributed by atoms with E-state index >= 15 is 0 Å². The zero-order chi connectivity index (χ0) is 22.5. The van der Waals surface area contributed by atoms with E-state index in [-0.39, 0.29) is 73.5 Å². The summed E-state index contributed by atoms with van der Waals surface area (Å²) >= 11 is 0. The van der Waals surface area contributed by atoms with Crippen LogP contribution < -0.4 is 61.2 Å². The molecule has 0 aliphatic heterocycles. The summed E-state index contributed by atoms with van der Waals surface area (Å²) in [6.07, 6.45) is 14.4. The first-order valence-electron chi connectivity index (χ1n) is 11.5. The molecule has 0 saturated heterocycles. The molecule has 0 radical (unpaired) electrons. The predicted octanol–water partition coefficient (Wildman–Crippen LogP) is 3.66. The van der Waals surface area contributed by atoms with Crippen LogP contribution in [0.5, 0.6) is 17.2 Å². The van der Waals surface area contributed by atoms with Crippen molar-refractivity contribution in [1.82, 2.24) is 0 Å². The van der Waals surface area contributed by atoms with Gasteiger partial charge in [0.05, 0.1) is 0 Å². The number of para-hydroxylation sites is 2. The second-order valence-electron chi connectivity index (χ2n) is 8.05.